The van der Waals surface area contributed by atoms with Crippen LogP contribution in [-0.4, -0.2) is 10.1 Å². The monoisotopic (exact) mass is 353 g/mol. The molecule has 3 N–H and O–H groups in total. The van der Waals surface area contributed by atoms with E-state index in [9.17, 15) is 4.39 Å². The largest absolute Gasteiger partial charge is 0.358 e. The van der Waals surface area contributed by atoms with Crippen molar-refractivity contribution in [2.24, 2.45) is 0 Å². The number of aromatic nitrogens is 1. The van der Waals surface area contributed by atoms with Crippen LogP contribution in [0.25, 0.3) is 10.9 Å². The molecule has 0 radical (unpaired) electrons. The molecule has 0 aliphatic heterocycles. The Morgan fingerprint density at radius 1 is 1.12 bits per heavy atom. The summed E-state index contributed by atoms with van der Waals surface area (Å²) in [4.78, 5) is 3.55. The smallest absolute Gasteiger partial charge is 0.171 e. The third-order valence-electron chi connectivity index (χ3n) is 4.70. The number of aromatic amines is 1. The topological polar surface area (TPSA) is 39.8 Å². The lowest BCUT2D eigenvalue weighted by Gasteiger charge is -2.12. The van der Waals surface area contributed by atoms with Gasteiger partial charge in [-0.1, -0.05) is 12.1 Å². The number of hydrogen-bond donors (Lipinski definition) is 3. The second kappa shape index (κ2) is 6.84. The first-order valence-corrected chi connectivity index (χ1v) is 9.02. The van der Waals surface area contributed by atoms with Gasteiger partial charge in [0.1, 0.15) is 5.82 Å². The number of H-pyrrole nitrogens is 1. The molecule has 0 bridgehead atoms. The van der Waals surface area contributed by atoms with E-state index in [0.29, 0.717) is 17.3 Å². The Balaban J connectivity index is 1.44. The summed E-state index contributed by atoms with van der Waals surface area (Å²) in [5.74, 6) is -0.282. The van der Waals surface area contributed by atoms with E-state index in [0.717, 1.165) is 12.8 Å². The second-order valence-electron chi connectivity index (χ2n) is 6.49. The summed E-state index contributed by atoms with van der Waals surface area (Å²) in [5, 5.41) is 8.02. The van der Waals surface area contributed by atoms with Crippen LogP contribution in [0, 0.1) is 5.82 Å². The summed E-state index contributed by atoms with van der Waals surface area (Å²) in [6, 6.07) is 12.8. The van der Waals surface area contributed by atoms with Crippen molar-refractivity contribution in [2.75, 3.05) is 5.32 Å². The van der Waals surface area contributed by atoms with Crippen molar-refractivity contribution in [1.82, 2.24) is 10.3 Å². The molecule has 3 nitrogen and oxygen atoms in total. The van der Waals surface area contributed by atoms with Gasteiger partial charge >= 0.3 is 0 Å². The van der Waals surface area contributed by atoms with Gasteiger partial charge in [-0.15, -0.1) is 0 Å². The van der Waals surface area contributed by atoms with Crippen LogP contribution in [0.3, 0.4) is 0 Å². The van der Waals surface area contributed by atoms with Gasteiger partial charge in [0.2, 0.25) is 0 Å². The quantitative estimate of drug-likeness (QED) is 0.599. The molecule has 0 fully saturated rings. The van der Waals surface area contributed by atoms with Crippen LogP contribution in [0.5, 0.6) is 0 Å². The maximum absolute atomic E-state index is 13.2. The highest BCUT2D eigenvalue weighted by atomic mass is 32.1. The number of thiocarbonyl (C=S) groups is 1. The van der Waals surface area contributed by atoms with E-state index in [2.05, 4.69) is 33.8 Å². The van der Waals surface area contributed by atoms with Gasteiger partial charge < -0.3 is 15.6 Å². The van der Waals surface area contributed by atoms with Gasteiger partial charge in [0.05, 0.1) is 0 Å². The average Bonchev–Trinajstić information content (AvgIpc) is 2.98. The molecule has 0 saturated carbocycles. The fraction of sp³-hybridized carbons (Fsp3) is 0.250. The van der Waals surface area contributed by atoms with Crippen LogP contribution in [0.2, 0.25) is 0 Å². The minimum atomic E-state index is -0.282. The molecule has 0 saturated heterocycles. The predicted octanol–water partition coefficient (Wildman–Crippen LogP) is 4.67. The molecule has 3 aromatic rings. The zero-order valence-corrected chi connectivity index (χ0v) is 14.7. The van der Waals surface area contributed by atoms with E-state index in [1.165, 1.54) is 52.7 Å². The molecule has 128 valence electrons. The molecule has 4 rings (SSSR count). The van der Waals surface area contributed by atoms with Gasteiger partial charge in [-0.2, -0.15) is 0 Å². The van der Waals surface area contributed by atoms with Crippen molar-refractivity contribution >= 4 is 33.9 Å². The standard InChI is InChI=1S/C20H20FN3S/c21-14-4-3-5-15(11-14)23-20(25)22-12-13-8-9-19-17(10-13)16-6-1-2-7-18(16)24-19/h3-5,8-11,24H,1-2,6-7,12H2,(H2,22,23,25). The van der Waals surface area contributed by atoms with Gasteiger partial charge in [0.25, 0.3) is 0 Å². The predicted molar refractivity (Wildman–Crippen MR) is 104 cm³/mol. The van der Waals surface area contributed by atoms with Crippen molar-refractivity contribution in [3.8, 4) is 0 Å². The second-order valence-corrected chi connectivity index (χ2v) is 6.90. The number of fused-ring (bicyclic) bond motifs is 3. The Bertz CT molecular complexity index is 932. The highest BCUT2D eigenvalue weighted by Crippen LogP contribution is 2.29. The normalized spacial score (nSPS) is 13.5. The fourth-order valence-electron chi connectivity index (χ4n) is 3.49. The molecule has 5 heteroatoms. The molecular weight excluding hydrogens is 333 g/mol. The highest BCUT2D eigenvalue weighted by Gasteiger charge is 2.15. The van der Waals surface area contributed by atoms with Gasteiger partial charge in [-0.25, -0.2) is 4.39 Å². The van der Waals surface area contributed by atoms with E-state index >= 15 is 0 Å². The van der Waals surface area contributed by atoms with E-state index < -0.39 is 0 Å². The summed E-state index contributed by atoms with van der Waals surface area (Å²) in [6.07, 6.45) is 4.85. The van der Waals surface area contributed by atoms with Gasteiger partial charge in [0.15, 0.2) is 5.11 Å². The lowest BCUT2D eigenvalue weighted by Crippen LogP contribution is -2.27. The number of benzene rings is 2. The van der Waals surface area contributed by atoms with Gasteiger partial charge in [-0.05, 0) is 79.4 Å². The van der Waals surface area contributed by atoms with Crippen molar-refractivity contribution < 1.29 is 4.39 Å². The van der Waals surface area contributed by atoms with Crippen LogP contribution < -0.4 is 10.6 Å². The van der Waals surface area contributed by atoms with E-state index in [1.54, 1.807) is 12.1 Å². The molecular formula is C20H20FN3S. The zero-order valence-electron chi connectivity index (χ0n) is 13.9. The van der Waals surface area contributed by atoms with Crippen LogP contribution in [-0.2, 0) is 19.4 Å². The molecule has 2 aromatic carbocycles. The number of nitrogens with one attached hydrogen (secondary N) is 3. The van der Waals surface area contributed by atoms with Crippen LogP contribution in [0.1, 0.15) is 29.7 Å². The SMILES string of the molecule is Fc1cccc(NC(=S)NCc2ccc3[nH]c4c(c3c2)CCCC4)c1. The van der Waals surface area contributed by atoms with E-state index in [1.807, 2.05) is 0 Å². The highest BCUT2D eigenvalue weighted by molar-refractivity contribution is 7.80. The first-order chi connectivity index (χ1) is 12.2. The summed E-state index contributed by atoms with van der Waals surface area (Å²) < 4.78 is 13.2. The van der Waals surface area contributed by atoms with Gasteiger partial charge in [-0.3, -0.25) is 0 Å². The lowest BCUT2D eigenvalue weighted by atomic mass is 9.95. The zero-order chi connectivity index (χ0) is 17.2. The van der Waals surface area contributed by atoms with Crippen molar-refractivity contribution in [1.29, 1.82) is 0 Å². The maximum atomic E-state index is 13.2. The molecule has 1 heterocycles. The molecule has 1 aliphatic carbocycles. The summed E-state index contributed by atoms with van der Waals surface area (Å²) in [7, 11) is 0. The van der Waals surface area contributed by atoms with Crippen LogP contribution in [0.4, 0.5) is 10.1 Å². The Labute approximate surface area is 151 Å². The molecule has 25 heavy (non-hydrogen) atoms. The number of anilines is 1. The third-order valence-corrected chi connectivity index (χ3v) is 4.94. The Morgan fingerprint density at radius 3 is 2.88 bits per heavy atom. The molecule has 0 amide bonds. The van der Waals surface area contributed by atoms with Crippen LogP contribution in [0.15, 0.2) is 42.5 Å². The third kappa shape index (κ3) is 3.51. The number of aryl methyl sites for hydroxylation is 2. The summed E-state index contributed by atoms with van der Waals surface area (Å²) in [5.41, 5.74) is 5.92. The molecule has 0 atom stereocenters. The molecule has 0 unspecified atom stereocenters. The molecule has 1 aliphatic rings. The number of rotatable bonds is 3. The summed E-state index contributed by atoms with van der Waals surface area (Å²) >= 11 is 5.30. The molecule has 0 spiro atoms. The van der Waals surface area contributed by atoms with Crippen LogP contribution >= 0.6 is 12.2 Å². The number of halogens is 1. The fourth-order valence-corrected chi connectivity index (χ4v) is 3.68. The Morgan fingerprint density at radius 2 is 2.00 bits per heavy atom. The maximum Gasteiger partial charge on any atom is 0.171 e. The molecule has 1 aromatic heterocycles. The lowest BCUT2D eigenvalue weighted by molar-refractivity contribution is 0.628. The minimum absolute atomic E-state index is 0.282. The van der Waals surface area contributed by atoms with Crippen molar-refractivity contribution in [3.63, 3.8) is 0 Å². The van der Waals surface area contributed by atoms with Crippen molar-refractivity contribution in [3.05, 3.63) is 65.1 Å². The first-order valence-electron chi connectivity index (χ1n) is 8.62. The van der Waals surface area contributed by atoms with E-state index in [-0.39, 0.29) is 5.82 Å². The average molecular weight is 353 g/mol. The summed E-state index contributed by atoms with van der Waals surface area (Å²) in [6.45, 7) is 0.636. The Kier molecular flexibility index (Phi) is 4.40. The Hall–Kier alpha value is -2.40. The first kappa shape index (κ1) is 16.1. The number of hydrogen-bond acceptors (Lipinski definition) is 1. The van der Waals surface area contributed by atoms with Crippen molar-refractivity contribution in [2.45, 2.75) is 32.2 Å². The minimum Gasteiger partial charge on any atom is -0.358 e. The van der Waals surface area contributed by atoms with E-state index in [4.69, 9.17) is 12.2 Å². The van der Waals surface area contributed by atoms with Gasteiger partial charge in [0, 0.05) is 28.8 Å².